The minimum absolute atomic E-state index is 0.133. The van der Waals surface area contributed by atoms with Gasteiger partial charge in [0.15, 0.2) is 11.5 Å². The van der Waals surface area contributed by atoms with Crippen LogP contribution in [-0.4, -0.2) is 50.3 Å². The summed E-state index contributed by atoms with van der Waals surface area (Å²) in [6.07, 6.45) is 1.75. The first-order chi connectivity index (χ1) is 13.7. The van der Waals surface area contributed by atoms with Crippen LogP contribution >= 0.6 is 0 Å². The van der Waals surface area contributed by atoms with Crippen molar-refractivity contribution in [3.63, 3.8) is 0 Å². The highest BCUT2D eigenvalue weighted by Gasteiger charge is 2.29. The molecule has 0 radical (unpaired) electrons. The summed E-state index contributed by atoms with van der Waals surface area (Å²) in [7, 11) is 1.66. The number of amides is 1. The van der Waals surface area contributed by atoms with E-state index in [1.54, 1.807) is 7.11 Å². The van der Waals surface area contributed by atoms with E-state index in [9.17, 15) is 4.79 Å². The van der Waals surface area contributed by atoms with Crippen molar-refractivity contribution >= 4 is 5.91 Å². The number of nitrogens with zero attached hydrogens (tertiary/aromatic N) is 1. The molecule has 0 aromatic heterocycles. The fraction of sp³-hybridized carbons (Fsp3) is 0.409. The Morgan fingerprint density at radius 1 is 1.14 bits per heavy atom. The number of likely N-dealkylation sites (tertiary alicyclic amines) is 1. The molecular weight excluding hydrogens is 356 g/mol. The van der Waals surface area contributed by atoms with E-state index in [0.717, 1.165) is 18.8 Å². The Balaban J connectivity index is 1.41. The van der Waals surface area contributed by atoms with Crippen LogP contribution in [0.1, 0.15) is 24.4 Å². The molecule has 1 saturated heterocycles. The highest BCUT2D eigenvalue weighted by Crippen LogP contribution is 2.31. The summed E-state index contributed by atoms with van der Waals surface area (Å²) < 4.78 is 16.8. The first kappa shape index (κ1) is 18.6. The van der Waals surface area contributed by atoms with Crippen LogP contribution in [0, 0.1) is 0 Å². The van der Waals surface area contributed by atoms with E-state index in [4.69, 9.17) is 14.2 Å². The summed E-state index contributed by atoms with van der Waals surface area (Å²) >= 11 is 0. The van der Waals surface area contributed by atoms with Crippen molar-refractivity contribution < 1.29 is 19.0 Å². The van der Waals surface area contributed by atoms with Crippen LogP contribution in [0.4, 0.5) is 0 Å². The monoisotopic (exact) mass is 382 g/mol. The first-order valence-electron chi connectivity index (χ1n) is 9.79. The lowest BCUT2D eigenvalue weighted by molar-refractivity contribution is -0.130. The number of hydrogen-bond donors (Lipinski definition) is 1. The van der Waals surface area contributed by atoms with E-state index in [1.165, 1.54) is 18.4 Å². The van der Waals surface area contributed by atoms with Gasteiger partial charge >= 0.3 is 0 Å². The van der Waals surface area contributed by atoms with E-state index < -0.39 is 6.10 Å². The molecule has 2 unspecified atom stereocenters. The Hall–Kier alpha value is -2.73. The molecule has 6 heteroatoms. The quantitative estimate of drug-likeness (QED) is 0.833. The smallest absolute Gasteiger partial charge is 0.264 e. The Kier molecular flexibility index (Phi) is 5.67. The zero-order valence-electron chi connectivity index (χ0n) is 16.1. The topological polar surface area (TPSA) is 60.0 Å². The van der Waals surface area contributed by atoms with Crippen molar-refractivity contribution in [3.8, 4) is 17.2 Å². The first-order valence-corrected chi connectivity index (χ1v) is 9.79. The molecule has 0 aliphatic carbocycles. The second-order valence-corrected chi connectivity index (χ2v) is 7.14. The van der Waals surface area contributed by atoms with Crippen LogP contribution in [0.25, 0.3) is 0 Å². The van der Waals surface area contributed by atoms with Gasteiger partial charge in [0, 0.05) is 6.54 Å². The molecule has 0 spiro atoms. The number of nitrogens with one attached hydrogen (secondary N) is 1. The number of hydrogen-bond acceptors (Lipinski definition) is 5. The summed E-state index contributed by atoms with van der Waals surface area (Å²) in [5.41, 5.74) is 1.18. The maximum Gasteiger partial charge on any atom is 0.264 e. The standard InChI is InChI=1S/C22H26N2O4/c1-26-17-10-8-16(9-11-17)18(24-12-4-5-13-24)14-23-22(25)21-15-27-19-6-2-3-7-20(19)28-21/h2-3,6-11,18,21H,4-5,12-15H2,1H3,(H,23,25). The molecular formula is C22H26N2O4. The normalized spacial score (nSPS) is 19.8. The third kappa shape index (κ3) is 4.07. The molecule has 2 aliphatic rings. The van der Waals surface area contributed by atoms with Gasteiger partial charge in [-0.1, -0.05) is 24.3 Å². The second kappa shape index (κ2) is 8.52. The van der Waals surface area contributed by atoms with Crippen LogP contribution < -0.4 is 19.5 Å². The van der Waals surface area contributed by atoms with Crippen LogP contribution in [0.5, 0.6) is 17.2 Å². The van der Waals surface area contributed by atoms with Gasteiger partial charge in [0.05, 0.1) is 13.2 Å². The lowest BCUT2D eigenvalue weighted by Crippen LogP contribution is -2.46. The van der Waals surface area contributed by atoms with Crippen molar-refractivity contribution in [3.05, 3.63) is 54.1 Å². The molecule has 0 bridgehead atoms. The summed E-state index contributed by atoms with van der Waals surface area (Å²) in [4.78, 5) is 15.1. The molecule has 2 atom stereocenters. The van der Waals surface area contributed by atoms with Gasteiger partial charge < -0.3 is 19.5 Å². The van der Waals surface area contributed by atoms with E-state index in [-0.39, 0.29) is 18.6 Å². The Morgan fingerprint density at radius 3 is 2.57 bits per heavy atom. The van der Waals surface area contributed by atoms with Gasteiger partial charge in [-0.3, -0.25) is 9.69 Å². The minimum Gasteiger partial charge on any atom is -0.497 e. The van der Waals surface area contributed by atoms with Crippen molar-refractivity contribution in [1.29, 1.82) is 0 Å². The zero-order chi connectivity index (χ0) is 19.3. The Bertz CT molecular complexity index is 802. The molecule has 0 saturated carbocycles. The van der Waals surface area contributed by atoms with Gasteiger partial charge in [-0.15, -0.1) is 0 Å². The summed E-state index contributed by atoms with van der Waals surface area (Å²) in [6.45, 7) is 2.85. The molecule has 6 nitrogen and oxygen atoms in total. The predicted molar refractivity (Wildman–Crippen MR) is 106 cm³/mol. The highest BCUT2D eigenvalue weighted by atomic mass is 16.6. The molecule has 2 aromatic rings. The average Bonchev–Trinajstić information content (AvgIpc) is 3.28. The van der Waals surface area contributed by atoms with Gasteiger partial charge in [-0.05, 0) is 55.8 Å². The van der Waals surface area contributed by atoms with Crippen molar-refractivity contribution in [1.82, 2.24) is 10.2 Å². The van der Waals surface area contributed by atoms with E-state index in [1.807, 2.05) is 36.4 Å². The third-order valence-corrected chi connectivity index (χ3v) is 5.35. The van der Waals surface area contributed by atoms with E-state index in [2.05, 4.69) is 22.3 Å². The van der Waals surface area contributed by atoms with Gasteiger partial charge in [0.1, 0.15) is 12.4 Å². The van der Waals surface area contributed by atoms with Crippen LogP contribution in [0.3, 0.4) is 0 Å². The molecule has 28 heavy (non-hydrogen) atoms. The number of ether oxygens (including phenoxy) is 3. The molecule has 2 heterocycles. The molecule has 1 amide bonds. The van der Waals surface area contributed by atoms with Gasteiger partial charge in [0.2, 0.25) is 6.10 Å². The van der Waals surface area contributed by atoms with Crippen molar-refractivity contribution in [2.45, 2.75) is 25.0 Å². The van der Waals surface area contributed by atoms with Gasteiger partial charge in [-0.2, -0.15) is 0 Å². The largest absolute Gasteiger partial charge is 0.497 e. The average molecular weight is 382 g/mol. The fourth-order valence-corrected chi connectivity index (χ4v) is 3.80. The fourth-order valence-electron chi connectivity index (χ4n) is 3.80. The Morgan fingerprint density at radius 2 is 1.86 bits per heavy atom. The summed E-state index contributed by atoms with van der Waals surface area (Å²) in [5.74, 6) is 1.98. The van der Waals surface area contributed by atoms with E-state index in [0.29, 0.717) is 18.0 Å². The number of rotatable bonds is 6. The molecule has 2 aliphatic heterocycles. The molecule has 1 N–H and O–H groups in total. The SMILES string of the molecule is COc1ccc(C(CNC(=O)C2COc3ccccc3O2)N2CCCC2)cc1. The molecule has 2 aromatic carbocycles. The number of methoxy groups -OCH3 is 1. The summed E-state index contributed by atoms with van der Waals surface area (Å²) in [6, 6.07) is 15.6. The minimum atomic E-state index is -0.634. The van der Waals surface area contributed by atoms with Gasteiger partial charge in [0.25, 0.3) is 5.91 Å². The Labute approximate surface area is 165 Å². The number of para-hydroxylation sites is 2. The van der Waals surface area contributed by atoms with Crippen LogP contribution in [0.15, 0.2) is 48.5 Å². The van der Waals surface area contributed by atoms with Crippen LogP contribution in [0.2, 0.25) is 0 Å². The molecule has 1 fully saturated rings. The third-order valence-electron chi connectivity index (χ3n) is 5.35. The molecule has 4 rings (SSSR count). The lowest BCUT2D eigenvalue weighted by Gasteiger charge is -2.30. The van der Waals surface area contributed by atoms with Crippen LogP contribution in [-0.2, 0) is 4.79 Å². The second-order valence-electron chi connectivity index (χ2n) is 7.14. The number of benzene rings is 2. The predicted octanol–water partition coefficient (Wildman–Crippen LogP) is 2.79. The number of carbonyl (C=O) groups is 1. The number of fused-ring (bicyclic) bond motifs is 1. The highest BCUT2D eigenvalue weighted by molar-refractivity contribution is 5.81. The lowest BCUT2D eigenvalue weighted by atomic mass is 10.0. The number of carbonyl (C=O) groups excluding carboxylic acids is 1. The van der Waals surface area contributed by atoms with E-state index >= 15 is 0 Å². The maximum atomic E-state index is 12.7. The zero-order valence-corrected chi connectivity index (χ0v) is 16.1. The van der Waals surface area contributed by atoms with Crippen molar-refractivity contribution in [2.75, 3.05) is 33.4 Å². The van der Waals surface area contributed by atoms with Crippen molar-refractivity contribution in [2.24, 2.45) is 0 Å². The maximum absolute atomic E-state index is 12.7. The molecule has 148 valence electrons. The van der Waals surface area contributed by atoms with Gasteiger partial charge in [-0.25, -0.2) is 0 Å². The summed E-state index contributed by atoms with van der Waals surface area (Å²) in [5, 5.41) is 3.07.